The number of benzene rings is 1. The number of likely N-dealkylation sites (tertiary alicyclic amines) is 1. The largest absolute Gasteiger partial charge is 0.375 e. The van der Waals surface area contributed by atoms with Crippen LogP contribution in [0.2, 0.25) is 5.02 Å². The molecular formula is C25H37ClN4O4. The zero-order chi connectivity index (χ0) is 24.5. The van der Waals surface area contributed by atoms with Crippen LogP contribution < -0.4 is 11.1 Å². The van der Waals surface area contributed by atoms with Gasteiger partial charge in [0.1, 0.15) is 12.6 Å². The number of ether oxygens (including phenoxy) is 1. The molecule has 0 bridgehead atoms. The molecule has 1 saturated heterocycles. The minimum absolute atomic E-state index is 0.0114. The van der Waals surface area contributed by atoms with Gasteiger partial charge in [-0.1, -0.05) is 43.0 Å². The van der Waals surface area contributed by atoms with Crippen LogP contribution in [0.3, 0.4) is 0 Å². The Balaban J connectivity index is 1.72. The molecule has 3 amide bonds. The van der Waals surface area contributed by atoms with E-state index in [0.717, 1.165) is 37.7 Å². The molecular weight excluding hydrogens is 456 g/mol. The maximum atomic E-state index is 13.5. The Kier molecular flexibility index (Phi) is 10.2. The number of hydrogen-bond donors (Lipinski definition) is 2. The molecule has 2 aliphatic rings. The fraction of sp³-hybridized carbons (Fsp3) is 0.640. The van der Waals surface area contributed by atoms with Gasteiger partial charge in [0.05, 0.1) is 6.04 Å². The molecule has 1 aliphatic heterocycles. The quantitative estimate of drug-likeness (QED) is 0.520. The van der Waals surface area contributed by atoms with E-state index in [-0.39, 0.29) is 49.4 Å². The van der Waals surface area contributed by atoms with Gasteiger partial charge in [-0.3, -0.25) is 14.4 Å². The molecule has 1 aliphatic carbocycles. The first kappa shape index (κ1) is 26.4. The van der Waals surface area contributed by atoms with Crippen molar-refractivity contribution in [1.29, 1.82) is 0 Å². The average Bonchev–Trinajstić information content (AvgIpc) is 3.30. The molecule has 2 unspecified atom stereocenters. The molecule has 1 aromatic rings. The number of halogens is 1. The maximum absolute atomic E-state index is 13.5. The number of rotatable bonds is 10. The third-order valence-electron chi connectivity index (χ3n) is 6.75. The Bertz CT molecular complexity index is 829. The molecule has 0 aromatic heterocycles. The van der Waals surface area contributed by atoms with Gasteiger partial charge < -0.3 is 25.6 Å². The van der Waals surface area contributed by atoms with Crippen molar-refractivity contribution in [1.82, 2.24) is 15.1 Å². The Morgan fingerprint density at radius 1 is 1.15 bits per heavy atom. The smallest absolute Gasteiger partial charge is 0.249 e. The van der Waals surface area contributed by atoms with Gasteiger partial charge in [0.15, 0.2) is 0 Å². The lowest BCUT2D eigenvalue weighted by atomic mass is 9.93. The summed E-state index contributed by atoms with van der Waals surface area (Å²) in [6.45, 7) is 1.29. The fourth-order valence-corrected chi connectivity index (χ4v) is 5.23. The van der Waals surface area contributed by atoms with E-state index in [2.05, 4.69) is 5.32 Å². The third-order valence-corrected chi connectivity index (χ3v) is 7.00. The van der Waals surface area contributed by atoms with Gasteiger partial charge in [-0.05, 0) is 37.0 Å². The van der Waals surface area contributed by atoms with Crippen LogP contribution in [0.4, 0.5) is 0 Å². The van der Waals surface area contributed by atoms with Crippen LogP contribution in [-0.4, -0.2) is 79.0 Å². The monoisotopic (exact) mass is 492 g/mol. The van der Waals surface area contributed by atoms with Gasteiger partial charge in [0.25, 0.3) is 0 Å². The number of hydrogen-bond acceptors (Lipinski definition) is 5. The topological polar surface area (TPSA) is 105 Å². The number of carbonyl (C=O) groups excluding carboxylic acids is 3. The highest BCUT2D eigenvalue weighted by Gasteiger charge is 2.38. The van der Waals surface area contributed by atoms with Crippen molar-refractivity contribution >= 4 is 29.3 Å². The molecule has 2 fully saturated rings. The lowest BCUT2D eigenvalue weighted by Crippen LogP contribution is -2.52. The van der Waals surface area contributed by atoms with E-state index in [1.807, 2.05) is 17.0 Å². The van der Waals surface area contributed by atoms with Crippen molar-refractivity contribution in [3.8, 4) is 0 Å². The van der Waals surface area contributed by atoms with Gasteiger partial charge in [0.2, 0.25) is 17.7 Å². The van der Waals surface area contributed by atoms with Gasteiger partial charge in [-0.25, -0.2) is 0 Å². The predicted molar refractivity (Wildman–Crippen MR) is 131 cm³/mol. The Morgan fingerprint density at radius 2 is 1.85 bits per heavy atom. The molecule has 8 nitrogen and oxygen atoms in total. The van der Waals surface area contributed by atoms with Crippen molar-refractivity contribution in [2.45, 2.75) is 69.5 Å². The Hall–Kier alpha value is -2.16. The number of carbonyl (C=O) groups is 3. The van der Waals surface area contributed by atoms with E-state index < -0.39 is 6.04 Å². The first-order valence-electron chi connectivity index (χ1n) is 12.3. The van der Waals surface area contributed by atoms with Crippen molar-refractivity contribution < 1.29 is 19.1 Å². The first-order chi connectivity index (χ1) is 16.4. The second-order valence-electron chi connectivity index (χ2n) is 9.24. The minimum Gasteiger partial charge on any atom is -0.375 e. The summed E-state index contributed by atoms with van der Waals surface area (Å²) in [6.07, 6.45) is 6.67. The lowest BCUT2D eigenvalue weighted by Gasteiger charge is -2.38. The van der Waals surface area contributed by atoms with Gasteiger partial charge in [-0.15, -0.1) is 0 Å². The van der Waals surface area contributed by atoms with Gasteiger partial charge in [-0.2, -0.15) is 0 Å². The number of amides is 3. The van der Waals surface area contributed by atoms with Gasteiger partial charge in [0, 0.05) is 50.7 Å². The maximum Gasteiger partial charge on any atom is 0.249 e. The highest BCUT2D eigenvalue weighted by molar-refractivity contribution is 6.30. The molecule has 1 saturated carbocycles. The summed E-state index contributed by atoms with van der Waals surface area (Å²) in [5.74, 6) is -0.391. The molecule has 188 valence electrons. The highest BCUT2D eigenvalue weighted by atomic mass is 35.5. The van der Waals surface area contributed by atoms with Crippen LogP contribution in [-0.2, 0) is 25.5 Å². The normalized spacial score (nSPS) is 19.6. The van der Waals surface area contributed by atoms with E-state index in [4.69, 9.17) is 22.1 Å². The van der Waals surface area contributed by atoms with Crippen LogP contribution in [0.5, 0.6) is 0 Å². The summed E-state index contributed by atoms with van der Waals surface area (Å²) in [7, 11) is 1.53. The standard InChI is InChI=1S/C25H37ClN4O4/c1-34-17-24(32)30(20-5-3-2-4-6-20)21-12-14-29(16-21)25(33)22(28-23(31)11-13-27)15-18-7-9-19(26)10-8-18/h7-10,20-22H,2-6,11-17,27H2,1H3,(H,28,31). The summed E-state index contributed by atoms with van der Waals surface area (Å²) in [5.41, 5.74) is 6.44. The number of nitrogens with one attached hydrogen (secondary N) is 1. The number of nitrogens with zero attached hydrogens (tertiary/aromatic N) is 2. The summed E-state index contributed by atoms with van der Waals surface area (Å²) < 4.78 is 5.15. The summed E-state index contributed by atoms with van der Waals surface area (Å²) in [6, 6.07) is 6.73. The zero-order valence-corrected chi connectivity index (χ0v) is 20.8. The van der Waals surface area contributed by atoms with Crippen LogP contribution in [0.1, 0.15) is 50.5 Å². The molecule has 2 atom stereocenters. The Labute approximate surface area is 207 Å². The molecule has 3 N–H and O–H groups in total. The summed E-state index contributed by atoms with van der Waals surface area (Å²) in [4.78, 5) is 42.5. The van der Waals surface area contributed by atoms with Crippen LogP contribution >= 0.6 is 11.6 Å². The molecule has 9 heteroatoms. The molecule has 3 rings (SSSR count). The average molecular weight is 493 g/mol. The summed E-state index contributed by atoms with van der Waals surface area (Å²) in [5, 5.41) is 3.48. The van der Waals surface area contributed by atoms with E-state index >= 15 is 0 Å². The molecule has 0 spiro atoms. The van der Waals surface area contributed by atoms with E-state index in [1.165, 1.54) is 13.5 Å². The molecule has 0 radical (unpaired) electrons. The third kappa shape index (κ3) is 7.17. The fourth-order valence-electron chi connectivity index (χ4n) is 5.11. The summed E-state index contributed by atoms with van der Waals surface area (Å²) >= 11 is 6.00. The van der Waals surface area contributed by atoms with Crippen LogP contribution in [0.15, 0.2) is 24.3 Å². The minimum atomic E-state index is -0.697. The van der Waals surface area contributed by atoms with E-state index in [0.29, 0.717) is 24.5 Å². The van der Waals surface area contributed by atoms with Crippen LogP contribution in [0.25, 0.3) is 0 Å². The van der Waals surface area contributed by atoms with Crippen molar-refractivity contribution in [3.05, 3.63) is 34.9 Å². The first-order valence-corrected chi connectivity index (χ1v) is 12.6. The second-order valence-corrected chi connectivity index (χ2v) is 9.68. The number of methoxy groups -OCH3 is 1. The second kappa shape index (κ2) is 13.1. The van der Waals surface area contributed by atoms with Crippen molar-refractivity contribution in [2.24, 2.45) is 5.73 Å². The SMILES string of the molecule is COCC(=O)N(C1CCCCC1)C1CCN(C(=O)C(Cc2ccc(Cl)cc2)NC(=O)CCN)C1. The van der Waals surface area contributed by atoms with Crippen LogP contribution in [0, 0.1) is 0 Å². The number of nitrogens with two attached hydrogens (primary N) is 1. The molecule has 1 heterocycles. The lowest BCUT2D eigenvalue weighted by molar-refractivity contribution is -0.142. The highest BCUT2D eigenvalue weighted by Crippen LogP contribution is 2.28. The van der Waals surface area contributed by atoms with Crippen molar-refractivity contribution in [3.63, 3.8) is 0 Å². The van der Waals surface area contributed by atoms with Crippen molar-refractivity contribution in [2.75, 3.05) is 33.4 Å². The van der Waals surface area contributed by atoms with E-state index in [9.17, 15) is 14.4 Å². The van der Waals surface area contributed by atoms with Gasteiger partial charge >= 0.3 is 0 Å². The Morgan fingerprint density at radius 3 is 2.50 bits per heavy atom. The molecule has 1 aromatic carbocycles. The molecule has 34 heavy (non-hydrogen) atoms. The zero-order valence-electron chi connectivity index (χ0n) is 20.0. The van der Waals surface area contributed by atoms with E-state index in [1.54, 1.807) is 17.0 Å². The predicted octanol–water partition coefficient (Wildman–Crippen LogP) is 2.12.